The van der Waals surface area contributed by atoms with Gasteiger partial charge in [-0.3, -0.25) is 20.0 Å². The molecule has 0 amide bonds. The maximum absolute atomic E-state index is 5.11. The summed E-state index contributed by atoms with van der Waals surface area (Å²) in [6, 6.07) is 33.6. The lowest BCUT2D eigenvalue weighted by atomic mass is 9.82. The molecule has 17 heterocycles. The lowest BCUT2D eigenvalue weighted by molar-refractivity contribution is 0.602. The zero-order valence-electron chi connectivity index (χ0n) is 56.7. The van der Waals surface area contributed by atoms with E-state index < -0.39 is 16.2 Å². The number of hydrogen-bond acceptors (Lipinski definition) is 8. The molecule has 9 aliphatic heterocycles. The van der Waals surface area contributed by atoms with Crippen LogP contribution in [0.4, 0.5) is 0 Å². The van der Waals surface area contributed by atoms with Crippen LogP contribution in [-0.4, -0.2) is 85.6 Å². The van der Waals surface area contributed by atoms with E-state index in [0.29, 0.717) is 0 Å². The minimum atomic E-state index is -0.436. The summed E-state index contributed by atoms with van der Waals surface area (Å²) in [4.78, 5) is 69.3. The van der Waals surface area contributed by atoms with E-state index in [-0.39, 0.29) is 5.41 Å². The van der Waals surface area contributed by atoms with Gasteiger partial charge >= 0.3 is 0 Å². The molecule has 9 aliphatic rings. The molecular weight excluding hydrogens is 1230 g/mol. The van der Waals surface area contributed by atoms with Gasteiger partial charge in [-0.1, -0.05) is 0 Å². The summed E-state index contributed by atoms with van der Waals surface area (Å²) >= 11 is 0. The fourth-order valence-electron chi connectivity index (χ4n) is 13.5. The Hall–Kier alpha value is -12.6. The van der Waals surface area contributed by atoms with Gasteiger partial charge in [0, 0.05) is 90.0 Å². The van der Waals surface area contributed by atoms with Gasteiger partial charge in [-0.2, -0.15) is 0 Å². The van der Waals surface area contributed by atoms with Crippen molar-refractivity contribution < 1.29 is 0 Å². The molecule has 0 aliphatic carbocycles. The van der Waals surface area contributed by atoms with Crippen LogP contribution in [0.3, 0.4) is 0 Å². The van der Waals surface area contributed by atoms with E-state index in [1.807, 2.05) is 42.5 Å². The zero-order chi connectivity index (χ0) is 68.1. The van der Waals surface area contributed by atoms with Gasteiger partial charge in [0.2, 0.25) is 0 Å². The molecule has 0 atom stereocenters. The predicted molar refractivity (Wildman–Crippen MR) is 412 cm³/mol. The SMILES string of the molecule is CC1(C)C2=NC(=Cc3ccc([nH]3)C3=NC(=Cc4ccc([nH]4)C(C)(C)c4ccc([nH]4)C=C4C=CC(=N4)c4ccc([nH]4)C=C4C=CC(=N4)C(C)(C)c4ccc([nH]4)C=C4C=CC(=N4)C4=NC(=Cc5ccc([nH]5)C(C)(C)C5=NC(=Cc6ccc([nH]6)-c6ccc([nH]6)C=C6C=CC1=N6)C=C5)C=C4)C=C3)C=C2. The minimum Gasteiger partial charge on any atom is -0.358 e. The molecule has 8 N–H and O–H groups in total. The molecule has 0 saturated carbocycles. The van der Waals surface area contributed by atoms with E-state index in [1.165, 1.54) is 0 Å². The first-order valence-corrected chi connectivity index (χ1v) is 33.8. The number of H-pyrrole nitrogens is 8. The molecule has 8 aromatic heterocycles. The molecule has 100 heavy (non-hydrogen) atoms. The summed E-state index contributed by atoms with van der Waals surface area (Å²) in [5.41, 5.74) is 28.3. The lowest BCUT2D eigenvalue weighted by Crippen LogP contribution is -2.30. The van der Waals surface area contributed by atoms with E-state index in [9.17, 15) is 0 Å². The second kappa shape index (κ2) is 23.6. The third-order valence-electron chi connectivity index (χ3n) is 19.7. The summed E-state index contributed by atoms with van der Waals surface area (Å²) in [5, 5.41) is 0. The van der Waals surface area contributed by atoms with Crippen molar-refractivity contribution in [3.05, 3.63) is 320 Å². The van der Waals surface area contributed by atoms with E-state index in [0.717, 1.165) is 182 Å². The van der Waals surface area contributed by atoms with Crippen molar-refractivity contribution in [3.63, 3.8) is 0 Å². The molecular formula is C84H72N16. The van der Waals surface area contributed by atoms with Crippen LogP contribution < -0.4 is 0 Å². The monoisotopic (exact) mass is 1300 g/mol. The highest BCUT2D eigenvalue weighted by Gasteiger charge is 2.34. The highest BCUT2D eigenvalue weighted by molar-refractivity contribution is 6.52. The van der Waals surface area contributed by atoms with Crippen LogP contribution in [0.25, 0.3) is 60.0 Å². The highest BCUT2D eigenvalue weighted by atomic mass is 14.9. The largest absolute Gasteiger partial charge is 0.358 e. The summed E-state index contributed by atoms with van der Waals surface area (Å²) in [7, 11) is 0. The summed E-state index contributed by atoms with van der Waals surface area (Å²) in [6.07, 6.45) is 49.6. The van der Waals surface area contributed by atoms with Gasteiger partial charge in [0.1, 0.15) is 0 Å². The van der Waals surface area contributed by atoms with Gasteiger partial charge in [0.05, 0.1) is 114 Å². The van der Waals surface area contributed by atoms with Gasteiger partial charge in [0.25, 0.3) is 0 Å². The average Bonchev–Trinajstić information content (AvgIpc) is 1.64. The molecule has 16 heteroatoms. The van der Waals surface area contributed by atoms with Crippen LogP contribution in [-0.2, 0) is 16.2 Å². The normalized spacial score (nSPS) is 19.8. The molecule has 8 aromatic rings. The zero-order valence-corrected chi connectivity index (χ0v) is 56.7. The second-order valence-electron chi connectivity index (χ2n) is 28.3. The first-order valence-electron chi connectivity index (χ1n) is 33.8. The molecule has 488 valence electrons. The maximum Gasteiger partial charge on any atom is 0.0894 e. The van der Waals surface area contributed by atoms with Crippen LogP contribution in [0, 0.1) is 5.41 Å². The van der Waals surface area contributed by atoms with Crippen LogP contribution in [0.1, 0.15) is 135 Å². The quantitative estimate of drug-likeness (QED) is 0.0710. The van der Waals surface area contributed by atoms with Crippen molar-refractivity contribution in [2.45, 2.75) is 71.6 Å². The Morgan fingerprint density at radius 1 is 0.190 bits per heavy atom. The molecule has 0 fully saturated rings. The third kappa shape index (κ3) is 11.8. The van der Waals surface area contributed by atoms with Crippen LogP contribution in [0.5, 0.6) is 0 Å². The number of nitrogens with one attached hydrogen (secondary N) is 8. The number of hydrogen-bond donors (Lipinski definition) is 8. The average molecular weight is 1310 g/mol. The van der Waals surface area contributed by atoms with Crippen molar-refractivity contribution in [2.75, 3.05) is 0 Å². The van der Waals surface area contributed by atoms with Crippen molar-refractivity contribution >= 4 is 94.3 Å². The third-order valence-corrected chi connectivity index (χ3v) is 19.7. The Morgan fingerprint density at radius 2 is 0.410 bits per heavy atom. The minimum absolute atomic E-state index is 0.344. The number of rotatable bonds is 0. The van der Waals surface area contributed by atoms with E-state index in [2.05, 4.69) is 296 Å². The Kier molecular flexibility index (Phi) is 14.4. The number of allylic oxidation sites excluding steroid dienone is 16. The van der Waals surface area contributed by atoms with Crippen LogP contribution in [0.15, 0.2) is 280 Å². The van der Waals surface area contributed by atoms with Gasteiger partial charge < -0.3 is 39.9 Å². The van der Waals surface area contributed by atoms with Gasteiger partial charge in [0.15, 0.2) is 0 Å². The van der Waals surface area contributed by atoms with Crippen LogP contribution >= 0.6 is 0 Å². The second-order valence-corrected chi connectivity index (χ2v) is 28.3. The topological polar surface area (TPSA) is 225 Å². The van der Waals surface area contributed by atoms with Crippen LogP contribution in [0.2, 0.25) is 0 Å². The first-order chi connectivity index (χ1) is 48.3. The summed E-state index contributed by atoms with van der Waals surface area (Å²) < 4.78 is 0. The highest BCUT2D eigenvalue weighted by Crippen LogP contribution is 2.37. The molecule has 0 spiro atoms. The fraction of sp³-hybridized carbons (Fsp3) is 0.143. The number of aromatic nitrogens is 8. The Bertz CT molecular complexity index is 5620. The molecule has 32 bridgehead atoms. The van der Waals surface area contributed by atoms with Crippen molar-refractivity contribution in [1.82, 2.24) is 39.9 Å². The van der Waals surface area contributed by atoms with Gasteiger partial charge in [-0.05, 0) is 298 Å². The van der Waals surface area contributed by atoms with E-state index in [1.54, 1.807) is 0 Å². The Balaban J connectivity index is 0.622. The number of fused-ring (bicyclic) bond motifs is 28. The Labute approximate surface area is 579 Å². The van der Waals surface area contributed by atoms with Gasteiger partial charge in [-0.25, -0.2) is 20.0 Å². The number of nitrogens with zero attached hydrogens (tertiary/aromatic N) is 8. The molecule has 16 nitrogen and oxygen atoms in total. The smallest absolute Gasteiger partial charge is 0.0894 e. The summed E-state index contributed by atoms with van der Waals surface area (Å²) in [5.74, 6) is 0. The summed E-state index contributed by atoms with van der Waals surface area (Å²) in [6.45, 7) is 17.6. The first kappa shape index (κ1) is 61.1. The number of aromatic amines is 8. The number of aliphatic imine (C=N–C) groups is 8. The Morgan fingerprint density at radius 3 is 0.730 bits per heavy atom. The van der Waals surface area contributed by atoms with Crippen molar-refractivity contribution in [3.8, 4) is 11.4 Å². The maximum atomic E-state index is 5.11. The molecule has 0 aromatic carbocycles. The van der Waals surface area contributed by atoms with E-state index >= 15 is 0 Å². The van der Waals surface area contributed by atoms with Crippen molar-refractivity contribution in [2.24, 2.45) is 45.4 Å². The lowest BCUT2D eigenvalue weighted by Gasteiger charge is -2.22. The molecule has 0 saturated heterocycles. The van der Waals surface area contributed by atoms with Gasteiger partial charge in [-0.15, -0.1) is 0 Å². The van der Waals surface area contributed by atoms with Crippen molar-refractivity contribution in [1.29, 1.82) is 0 Å². The molecule has 0 unspecified atom stereocenters. The predicted octanol–water partition coefficient (Wildman–Crippen LogP) is 17.9. The molecule has 17 rings (SSSR count). The molecule has 0 radical (unpaired) electrons. The van der Waals surface area contributed by atoms with E-state index in [4.69, 9.17) is 39.9 Å². The fourth-order valence-corrected chi connectivity index (χ4v) is 13.5. The standard InChI is InChI=1S/C84H72N16/c1-81(2)73-33-17-57(93-73)41-49-9-25-65(85-49)67-27-11-51(87-67)43-59-19-35-75(95-59)82(3,4)77-37-21-61(97-77)45-53-13-29-69(89-53)71-31-15-55(91-71)47-63-23-39-79(99-63)84(7,8)80-40-24-64(100-80)48-56-16-32-72(92-56)70-30-14-54(90-70)46-62-22-38-78(98-62)83(5,6)76-36-20-60(96-76)44-52-12-28-68(88-52)66-26-10-50(86-66)42-58-18-34-74(81)94-58/h9-48,85-87,92,96-99H,1-8H3.